The van der Waals surface area contributed by atoms with E-state index in [2.05, 4.69) is 10.6 Å². The number of carbonyl (C=O) groups is 2. The first-order valence-electron chi connectivity index (χ1n) is 5.03. The van der Waals surface area contributed by atoms with Crippen molar-refractivity contribution in [3.05, 3.63) is 24.2 Å². The van der Waals surface area contributed by atoms with E-state index < -0.39 is 18.1 Å². The second kappa shape index (κ2) is 6.54. The third-order valence-corrected chi connectivity index (χ3v) is 2.02. The predicted octanol–water partition coefficient (Wildman–Crippen LogP) is -0.0856. The maximum atomic E-state index is 11.2. The molecule has 2 amide bonds. The highest BCUT2D eigenvalue weighted by Gasteiger charge is 2.12. The van der Waals surface area contributed by atoms with Crippen molar-refractivity contribution in [2.45, 2.75) is 19.1 Å². The lowest BCUT2D eigenvalue weighted by atomic mass is 10.2. The van der Waals surface area contributed by atoms with Crippen LogP contribution in [-0.2, 0) is 11.3 Å². The van der Waals surface area contributed by atoms with Gasteiger partial charge < -0.3 is 25.3 Å². The summed E-state index contributed by atoms with van der Waals surface area (Å²) in [5.41, 5.74) is 0.825. The lowest BCUT2D eigenvalue weighted by molar-refractivity contribution is -0.146. The van der Waals surface area contributed by atoms with E-state index in [0.717, 1.165) is 5.56 Å². The topological polar surface area (TPSA) is 112 Å². The molecule has 17 heavy (non-hydrogen) atoms. The molecule has 0 aromatic carbocycles. The van der Waals surface area contributed by atoms with Crippen molar-refractivity contribution in [2.24, 2.45) is 0 Å². The normalized spacial score (nSPS) is 11.8. The number of hydrogen-bond acceptors (Lipinski definition) is 4. The molecular formula is C10H14N2O5. The van der Waals surface area contributed by atoms with Crippen LogP contribution in [0.3, 0.4) is 0 Å². The van der Waals surface area contributed by atoms with Gasteiger partial charge in [0.1, 0.15) is 0 Å². The molecule has 0 unspecified atom stereocenters. The van der Waals surface area contributed by atoms with Crippen molar-refractivity contribution >= 4 is 12.0 Å². The monoisotopic (exact) mass is 242 g/mol. The first kappa shape index (κ1) is 13.0. The van der Waals surface area contributed by atoms with Crippen molar-refractivity contribution in [1.29, 1.82) is 0 Å². The molecule has 7 nitrogen and oxygen atoms in total. The molecule has 0 saturated carbocycles. The molecule has 1 atom stereocenters. The van der Waals surface area contributed by atoms with E-state index in [4.69, 9.17) is 14.6 Å². The van der Waals surface area contributed by atoms with Gasteiger partial charge in [0.25, 0.3) is 0 Å². The number of urea groups is 1. The van der Waals surface area contributed by atoms with E-state index in [9.17, 15) is 9.59 Å². The molecule has 1 aromatic heterocycles. The number of carboxylic acid groups (broad SMARTS) is 1. The smallest absolute Gasteiger partial charge is 0.332 e. The van der Waals surface area contributed by atoms with Gasteiger partial charge in [-0.3, -0.25) is 0 Å². The van der Waals surface area contributed by atoms with Gasteiger partial charge in [-0.15, -0.1) is 0 Å². The van der Waals surface area contributed by atoms with Crippen LogP contribution in [0.1, 0.15) is 12.0 Å². The molecular weight excluding hydrogens is 228 g/mol. The minimum atomic E-state index is -1.45. The molecule has 1 heterocycles. The Hall–Kier alpha value is -2.02. The quantitative estimate of drug-likeness (QED) is 0.557. The largest absolute Gasteiger partial charge is 0.479 e. The summed E-state index contributed by atoms with van der Waals surface area (Å²) in [5, 5.41) is 22.3. The third kappa shape index (κ3) is 5.03. The van der Waals surface area contributed by atoms with E-state index >= 15 is 0 Å². The summed E-state index contributed by atoms with van der Waals surface area (Å²) in [6.45, 7) is 0.411. The van der Waals surface area contributed by atoms with Crippen LogP contribution in [0.15, 0.2) is 23.0 Å². The Morgan fingerprint density at radius 3 is 2.76 bits per heavy atom. The number of amides is 2. The Kier molecular flexibility index (Phi) is 5.02. The fraction of sp³-hybridized carbons (Fsp3) is 0.400. The van der Waals surface area contributed by atoms with Crippen LogP contribution < -0.4 is 10.6 Å². The van der Waals surface area contributed by atoms with Crippen LogP contribution in [0.5, 0.6) is 0 Å². The molecule has 0 radical (unpaired) electrons. The van der Waals surface area contributed by atoms with Gasteiger partial charge in [0.2, 0.25) is 0 Å². The van der Waals surface area contributed by atoms with Crippen molar-refractivity contribution in [1.82, 2.24) is 10.6 Å². The number of rotatable bonds is 6. The molecule has 7 heteroatoms. The summed E-state index contributed by atoms with van der Waals surface area (Å²) in [6.07, 6.45) is 1.52. The molecule has 0 aliphatic heterocycles. The molecule has 0 saturated heterocycles. The number of aliphatic hydroxyl groups excluding tert-OH is 1. The second-order valence-electron chi connectivity index (χ2n) is 3.38. The van der Waals surface area contributed by atoms with Crippen LogP contribution in [0.4, 0.5) is 4.79 Å². The first-order chi connectivity index (χ1) is 8.09. The number of hydrogen-bond donors (Lipinski definition) is 4. The Balaban J connectivity index is 2.11. The average molecular weight is 242 g/mol. The zero-order chi connectivity index (χ0) is 12.7. The Labute approximate surface area is 97.4 Å². The van der Waals surface area contributed by atoms with Gasteiger partial charge in [-0.1, -0.05) is 0 Å². The Bertz CT molecular complexity index is 363. The summed E-state index contributed by atoms with van der Waals surface area (Å²) in [4.78, 5) is 21.5. The standard InChI is InChI=1S/C10H14N2O5/c13-8(9(14)15)1-3-11-10(16)12-5-7-2-4-17-6-7/h2,4,6,8,13H,1,3,5H2,(H,14,15)(H2,11,12,16)/t8-/m0/s1. The van der Waals surface area contributed by atoms with E-state index in [0.29, 0.717) is 6.54 Å². The van der Waals surface area contributed by atoms with Crippen LogP contribution >= 0.6 is 0 Å². The highest BCUT2D eigenvalue weighted by molar-refractivity contribution is 5.74. The van der Waals surface area contributed by atoms with E-state index in [1.807, 2.05) is 0 Å². The predicted molar refractivity (Wildman–Crippen MR) is 57.2 cm³/mol. The third-order valence-electron chi connectivity index (χ3n) is 2.02. The average Bonchev–Trinajstić information content (AvgIpc) is 2.78. The molecule has 94 valence electrons. The minimum absolute atomic E-state index is 0.0333. The van der Waals surface area contributed by atoms with Crippen molar-refractivity contribution in [2.75, 3.05) is 6.54 Å². The molecule has 0 fully saturated rings. The minimum Gasteiger partial charge on any atom is -0.479 e. The van der Waals surface area contributed by atoms with Gasteiger partial charge in [-0.25, -0.2) is 9.59 Å². The maximum absolute atomic E-state index is 11.2. The van der Waals surface area contributed by atoms with E-state index in [1.165, 1.54) is 12.5 Å². The number of carboxylic acids is 1. The van der Waals surface area contributed by atoms with Gasteiger partial charge >= 0.3 is 12.0 Å². The zero-order valence-corrected chi connectivity index (χ0v) is 9.05. The Morgan fingerprint density at radius 1 is 1.41 bits per heavy atom. The molecule has 0 spiro atoms. The lowest BCUT2D eigenvalue weighted by Gasteiger charge is -2.08. The highest BCUT2D eigenvalue weighted by Crippen LogP contribution is 1.98. The van der Waals surface area contributed by atoms with Crippen LogP contribution in [0.25, 0.3) is 0 Å². The Morgan fingerprint density at radius 2 is 2.18 bits per heavy atom. The van der Waals surface area contributed by atoms with E-state index in [1.54, 1.807) is 6.07 Å². The SMILES string of the molecule is O=C(NCC[C@H](O)C(=O)O)NCc1ccoc1. The van der Waals surface area contributed by atoms with Crippen molar-refractivity contribution < 1.29 is 24.2 Å². The summed E-state index contributed by atoms with van der Waals surface area (Å²) in [6, 6.07) is 1.29. The van der Waals surface area contributed by atoms with Crippen molar-refractivity contribution in [3.8, 4) is 0 Å². The van der Waals surface area contributed by atoms with Crippen LogP contribution in [-0.4, -0.2) is 34.9 Å². The molecule has 0 aliphatic rings. The summed E-state index contributed by atoms with van der Waals surface area (Å²) >= 11 is 0. The summed E-state index contributed by atoms with van der Waals surface area (Å²) in [7, 11) is 0. The molecule has 1 rings (SSSR count). The van der Waals surface area contributed by atoms with Crippen molar-refractivity contribution in [3.63, 3.8) is 0 Å². The van der Waals surface area contributed by atoms with Gasteiger partial charge in [-0.2, -0.15) is 0 Å². The first-order valence-corrected chi connectivity index (χ1v) is 5.03. The number of furan rings is 1. The fourth-order valence-corrected chi connectivity index (χ4v) is 1.08. The molecule has 0 bridgehead atoms. The molecule has 4 N–H and O–H groups in total. The molecule has 0 aliphatic carbocycles. The number of aliphatic carboxylic acids is 1. The van der Waals surface area contributed by atoms with Gasteiger partial charge in [0, 0.05) is 25.1 Å². The van der Waals surface area contributed by atoms with Crippen LogP contribution in [0, 0.1) is 0 Å². The zero-order valence-electron chi connectivity index (χ0n) is 9.05. The highest BCUT2D eigenvalue weighted by atomic mass is 16.4. The number of aliphatic hydroxyl groups is 1. The van der Waals surface area contributed by atoms with Gasteiger partial charge in [0.15, 0.2) is 6.10 Å². The molecule has 1 aromatic rings. The summed E-state index contributed by atoms with van der Waals surface area (Å²) in [5.74, 6) is -1.30. The van der Waals surface area contributed by atoms with Gasteiger partial charge in [0.05, 0.1) is 12.5 Å². The number of nitrogens with one attached hydrogen (secondary N) is 2. The van der Waals surface area contributed by atoms with Gasteiger partial charge in [-0.05, 0) is 6.07 Å². The lowest BCUT2D eigenvalue weighted by Crippen LogP contribution is -2.37. The maximum Gasteiger partial charge on any atom is 0.332 e. The number of carbonyl (C=O) groups excluding carboxylic acids is 1. The second-order valence-corrected chi connectivity index (χ2v) is 3.38. The fourth-order valence-electron chi connectivity index (χ4n) is 1.08. The van der Waals surface area contributed by atoms with E-state index in [-0.39, 0.29) is 13.0 Å². The van der Waals surface area contributed by atoms with Crippen LogP contribution in [0.2, 0.25) is 0 Å². The summed E-state index contributed by atoms with van der Waals surface area (Å²) < 4.78 is 4.82.